The van der Waals surface area contributed by atoms with Crippen LogP contribution in [0.5, 0.6) is 5.88 Å². The lowest BCUT2D eigenvalue weighted by Gasteiger charge is -2.17. The minimum atomic E-state index is -0.759. The van der Waals surface area contributed by atoms with Crippen LogP contribution in [-0.2, 0) is 0 Å². The molecule has 2 rings (SSSR count). The number of ether oxygens (including phenoxy) is 1. The smallest absolute Gasteiger partial charge is 0.256 e. The van der Waals surface area contributed by atoms with Crippen LogP contribution in [-0.4, -0.2) is 28.6 Å². The molecule has 0 aliphatic carbocycles. The van der Waals surface area contributed by atoms with E-state index in [1.165, 1.54) is 6.26 Å². The molecule has 0 aliphatic rings. The summed E-state index contributed by atoms with van der Waals surface area (Å²) in [5.41, 5.74) is 0.378. The Balaban J connectivity index is 1.96. The fourth-order valence-corrected chi connectivity index (χ4v) is 2.11. The molecule has 0 saturated heterocycles. The number of aliphatic hydroxyl groups is 1. The van der Waals surface area contributed by atoms with E-state index in [0.29, 0.717) is 30.2 Å². The number of rotatable bonds is 7. The maximum Gasteiger partial charge on any atom is 0.256 e. The van der Waals surface area contributed by atoms with Gasteiger partial charge in [-0.2, -0.15) is 0 Å². The normalized spacial score (nSPS) is 13.4. The molecular formula is C16H20N2O4. The molecule has 22 heavy (non-hydrogen) atoms. The highest BCUT2D eigenvalue weighted by Crippen LogP contribution is 2.19. The molecule has 0 bridgehead atoms. The van der Waals surface area contributed by atoms with Crippen molar-refractivity contribution >= 4 is 5.91 Å². The fourth-order valence-electron chi connectivity index (χ4n) is 2.11. The molecule has 0 radical (unpaired) electrons. The molecule has 0 aromatic carbocycles. The Kier molecular flexibility index (Phi) is 5.55. The highest BCUT2D eigenvalue weighted by Gasteiger charge is 2.19. The largest absolute Gasteiger partial charge is 0.477 e. The summed E-state index contributed by atoms with van der Waals surface area (Å²) >= 11 is 0. The van der Waals surface area contributed by atoms with Gasteiger partial charge in [0.25, 0.3) is 5.91 Å². The molecule has 6 nitrogen and oxygen atoms in total. The Morgan fingerprint density at radius 2 is 2.27 bits per heavy atom. The van der Waals surface area contributed by atoms with Crippen molar-refractivity contribution < 1.29 is 19.1 Å². The number of pyridine rings is 1. The summed E-state index contributed by atoms with van der Waals surface area (Å²) < 4.78 is 10.5. The summed E-state index contributed by atoms with van der Waals surface area (Å²) in [5.74, 6) is 0.509. The second-order valence-electron chi connectivity index (χ2n) is 4.93. The predicted molar refractivity (Wildman–Crippen MR) is 80.6 cm³/mol. The summed E-state index contributed by atoms with van der Waals surface area (Å²) in [7, 11) is 0. The predicted octanol–water partition coefficient (Wildman–Crippen LogP) is 2.32. The molecule has 2 heterocycles. The van der Waals surface area contributed by atoms with Crippen molar-refractivity contribution in [1.82, 2.24) is 10.3 Å². The van der Waals surface area contributed by atoms with Gasteiger partial charge in [-0.15, -0.1) is 0 Å². The zero-order chi connectivity index (χ0) is 15.9. The standard InChI is InChI=1S/C16H20N2O4/c1-3-21-16-12(6-4-8-17-16)15(20)18-11(2)10-13(19)14-7-5-9-22-14/h4-9,11,13,19H,3,10H2,1-2H3,(H,18,20). The van der Waals surface area contributed by atoms with Crippen LogP contribution in [0.4, 0.5) is 0 Å². The van der Waals surface area contributed by atoms with Crippen molar-refractivity contribution in [3.8, 4) is 5.88 Å². The number of hydrogen-bond donors (Lipinski definition) is 2. The van der Waals surface area contributed by atoms with Gasteiger partial charge in [0.15, 0.2) is 0 Å². The number of hydrogen-bond acceptors (Lipinski definition) is 5. The maximum atomic E-state index is 12.3. The minimum Gasteiger partial charge on any atom is -0.477 e. The van der Waals surface area contributed by atoms with E-state index < -0.39 is 6.10 Å². The van der Waals surface area contributed by atoms with E-state index in [1.807, 2.05) is 13.8 Å². The van der Waals surface area contributed by atoms with Crippen molar-refractivity contribution in [1.29, 1.82) is 0 Å². The zero-order valence-corrected chi connectivity index (χ0v) is 12.7. The van der Waals surface area contributed by atoms with Gasteiger partial charge in [-0.1, -0.05) is 0 Å². The van der Waals surface area contributed by atoms with Crippen LogP contribution >= 0.6 is 0 Å². The molecule has 1 amide bonds. The third-order valence-corrected chi connectivity index (χ3v) is 3.12. The third kappa shape index (κ3) is 4.08. The first-order valence-electron chi connectivity index (χ1n) is 7.22. The first kappa shape index (κ1) is 16.0. The van der Waals surface area contributed by atoms with Crippen LogP contribution in [0.3, 0.4) is 0 Å². The topological polar surface area (TPSA) is 84.6 Å². The zero-order valence-electron chi connectivity index (χ0n) is 12.7. The quantitative estimate of drug-likeness (QED) is 0.820. The summed E-state index contributed by atoms with van der Waals surface area (Å²) in [5, 5.41) is 12.8. The first-order chi connectivity index (χ1) is 10.6. The lowest BCUT2D eigenvalue weighted by molar-refractivity contribution is 0.0898. The van der Waals surface area contributed by atoms with E-state index in [1.54, 1.807) is 30.5 Å². The van der Waals surface area contributed by atoms with Crippen LogP contribution in [0, 0.1) is 0 Å². The monoisotopic (exact) mass is 304 g/mol. The summed E-state index contributed by atoms with van der Waals surface area (Å²) in [6.45, 7) is 4.09. The van der Waals surface area contributed by atoms with E-state index in [2.05, 4.69) is 10.3 Å². The number of aromatic nitrogens is 1. The first-order valence-corrected chi connectivity index (χ1v) is 7.22. The van der Waals surface area contributed by atoms with E-state index in [0.717, 1.165) is 0 Å². The van der Waals surface area contributed by atoms with E-state index >= 15 is 0 Å². The SMILES string of the molecule is CCOc1ncccc1C(=O)NC(C)CC(O)c1ccco1. The summed E-state index contributed by atoms with van der Waals surface area (Å²) in [6, 6.07) is 6.52. The van der Waals surface area contributed by atoms with Crippen LogP contribution in [0.15, 0.2) is 41.1 Å². The maximum absolute atomic E-state index is 12.3. The van der Waals surface area contributed by atoms with Gasteiger partial charge in [0.2, 0.25) is 5.88 Å². The van der Waals surface area contributed by atoms with Crippen molar-refractivity contribution in [2.24, 2.45) is 0 Å². The molecule has 0 aliphatic heterocycles. The van der Waals surface area contributed by atoms with Gasteiger partial charge in [0.1, 0.15) is 17.4 Å². The Hall–Kier alpha value is -2.34. The lowest BCUT2D eigenvalue weighted by atomic mass is 10.1. The number of nitrogens with zero attached hydrogens (tertiary/aromatic N) is 1. The molecule has 2 aromatic rings. The van der Waals surface area contributed by atoms with Crippen molar-refractivity contribution in [3.05, 3.63) is 48.0 Å². The Bertz CT molecular complexity index is 598. The summed E-state index contributed by atoms with van der Waals surface area (Å²) in [4.78, 5) is 16.3. The lowest BCUT2D eigenvalue weighted by Crippen LogP contribution is -2.34. The molecule has 0 fully saturated rings. The van der Waals surface area contributed by atoms with Crippen molar-refractivity contribution in [2.45, 2.75) is 32.4 Å². The van der Waals surface area contributed by atoms with E-state index in [4.69, 9.17) is 9.15 Å². The van der Waals surface area contributed by atoms with Gasteiger partial charge in [-0.05, 0) is 38.1 Å². The van der Waals surface area contributed by atoms with Gasteiger partial charge in [0.05, 0.1) is 12.9 Å². The van der Waals surface area contributed by atoms with Crippen molar-refractivity contribution in [2.75, 3.05) is 6.61 Å². The number of carbonyl (C=O) groups excluding carboxylic acids is 1. The van der Waals surface area contributed by atoms with Gasteiger partial charge in [0, 0.05) is 18.7 Å². The van der Waals surface area contributed by atoms with E-state index in [-0.39, 0.29) is 11.9 Å². The molecule has 118 valence electrons. The van der Waals surface area contributed by atoms with Crippen LogP contribution in [0.1, 0.15) is 42.5 Å². The Morgan fingerprint density at radius 3 is 2.95 bits per heavy atom. The average Bonchev–Trinajstić information content (AvgIpc) is 3.02. The van der Waals surface area contributed by atoms with Crippen LogP contribution < -0.4 is 10.1 Å². The second kappa shape index (κ2) is 7.61. The molecule has 0 saturated carbocycles. The van der Waals surface area contributed by atoms with Crippen LogP contribution in [0.2, 0.25) is 0 Å². The molecule has 2 N–H and O–H groups in total. The molecular weight excluding hydrogens is 284 g/mol. The number of aliphatic hydroxyl groups excluding tert-OH is 1. The number of carbonyl (C=O) groups is 1. The molecule has 2 atom stereocenters. The average molecular weight is 304 g/mol. The number of nitrogens with one attached hydrogen (secondary N) is 1. The summed E-state index contributed by atoms with van der Waals surface area (Å²) in [6.07, 6.45) is 2.67. The van der Waals surface area contributed by atoms with Gasteiger partial charge in [-0.3, -0.25) is 4.79 Å². The minimum absolute atomic E-state index is 0.234. The number of furan rings is 1. The van der Waals surface area contributed by atoms with Gasteiger partial charge >= 0.3 is 0 Å². The number of amides is 1. The third-order valence-electron chi connectivity index (χ3n) is 3.12. The molecule has 0 spiro atoms. The molecule has 2 aromatic heterocycles. The highest BCUT2D eigenvalue weighted by atomic mass is 16.5. The van der Waals surface area contributed by atoms with Gasteiger partial charge < -0.3 is 19.6 Å². The Morgan fingerprint density at radius 1 is 1.45 bits per heavy atom. The molecule has 6 heteroatoms. The van der Waals surface area contributed by atoms with Crippen LogP contribution in [0.25, 0.3) is 0 Å². The highest BCUT2D eigenvalue weighted by molar-refractivity contribution is 5.96. The molecule has 2 unspecified atom stereocenters. The van der Waals surface area contributed by atoms with E-state index in [9.17, 15) is 9.90 Å². The van der Waals surface area contributed by atoms with Crippen molar-refractivity contribution in [3.63, 3.8) is 0 Å². The Labute approximate surface area is 129 Å². The second-order valence-corrected chi connectivity index (χ2v) is 4.93. The fraction of sp³-hybridized carbons (Fsp3) is 0.375. The van der Waals surface area contributed by atoms with Gasteiger partial charge in [-0.25, -0.2) is 4.98 Å².